The first-order valence-electron chi connectivity index (χ1n) is 5.89. The SMILES string of the molecule is CC1=C(C)C(=O)OC1=O.O=CC(O)C(O)C(O)C(O)CO. The van der Waals surface area contributed by atoms with Crippen LogP contribution in [-0.2, 0) is 19.1 Å². The Morgan fingerprint density at radius 1 is 1.00 bits per heavy atom. The number of hydrogen-bond acceptors (Lipinski definition) is 9. The summed E-state index contributed by atoms with van der Waals surface area (Å²) in [5, 5.41) is 43.5. The highest BCUT2D eigenvalue weighted by molar-refractivity contribution is 6.11. The Hall–Kier alpha value is -1.65. The van der Waals surface area contributed by atoms with Crippen LogP contribution >= 0.6 is 0 Å². The highest BCUT2D eigenvalue weighted by Gasteiger charge is 2.29. The van der Waals surface area contributed by atoms with Crippen LogP contribution in [0.25, 0.3) is 0 Å². The molecule has 0 aliphatic carbocycles. The minimum absolute atomic E-state index is 0.0258. The maximum Gasteiger partial charge on any atom is 0.342 e. The van der Waals surface area contributed by atoms with Crippen molar-refractivity contribution in [1.29, 1.82) is 0 Å². The van der Waals surface area contributed by atoms with E-state index in [-0.39, 0.29) is 6.29 Å². The number of hydrogen-bond donors (Lipinski definition) is 5. The third kappa shape index (κ3) is 5.33. The van der Waals surface area contributed by atoms with E-state index in [1.807, 2.05) is 0 Å². The number of rotatable bonds is 5. The lowest BCUT2D eigenvalue weighted by molar-refractivity contribution is -0.151. The van der Waals surface area contributed by atoms with E-state index in [1.54, 1.807) is 13.8 Å². The van der Waals surface area contributed by atoms with Crippen molar-refractivity contribution >= 4 is 18.2 Å². The zero-order valence-electron chi connectivity index (χ0n) is 11.5. The number of carbonyl (C=O) groups is 3. The van der Waals surface area contributed by atoms with Crippen LogP contribution in [0, 0.1) is 0 Å². The molecule has 0 aromatic heterocycles. The van der Waals surface area contributed by atoms with E-state index < -0.39 is 43.0 Å². The van der Waals surface area contributed by atoms with Gasteiger partial charge >= 0.3 is 11.9 Å². The van der Waals surface area contributed by atoms with Gasteiger partial charge < -0.3 is 35.1 Å². The maximum absolute atomic E-state index is 10.5. The van der Waals surface area contributed by atoms with Crippen LogP contribution in [0.2, 0.25) is 0 Å². The minimum atomic E-state index is -1.79. The third-order valence-corrected chi connectivity index (χ3v) is 2.78. The Kier molecular flexibility index (Phi) is 7.92. The minimum Gasteiger partial charge on any atom is -0.394 e. The number of aliphatic hydroxyl groups excluding tert-OH is 5. The van der Waals surface area contributed by atoms with Gasteiger partial charge in [0, 0.05) is 11.1 Å². The van der Waals surface area contributed by atoms with Crippen LogP contribution in [0.15, 0.2) is 11.1 Å². The second-order valence-corrected chi connectivity index (χ2v) is 4.28. The van der Waals surface area contributed by atoms with Gasteiger partial charge in [-0.15, -0.1) is 0 Å². The molecule has 0 saturated heterocycles. The maximum atomic E-state index is 10.5. The van der Waals surface area contributed by atoms with Crippen molar-refractivity contribution < 1.29 is 44.7 Å². The molecule has 1 heterocycles. The molecule has 0 aromatic carbocycles. The van der Waals surface area contributed by atoms with Crippen molar-refractivity contribution in [2.45, 2.75) is 38.3 Å². The highest BCUT2D eigenvalue weighted by atomic mass is 16.6. The topological polar surface area (TPSA) is 162 Å². The Morgan fingerprint density at radius 3 is 1.67 bits per heavy atom. The van der Waals surface area contributed by atoms with Gasteiger partial charge in [0.15, 0.2) is 6.29 Å². The molecule has 0 saturated carbocycles. The number of ether oxygens (including phenoxy) is 1. The summed E-state index contributed by atoms with van der Waals surface area (Å²) in [6.45, 7) is 2.38. The van der Waals surface area contributed by atoms with Crippen molar-refractivity contribution in [2.75, 3.05) is 6.61 Å². The normalized spacial score (nSPS) is 20.1. The van der Waals surface area contributed by atoms with Crippen LogP contribution in [0.3, 0.4) is 0 Å². The molecule has 1 aliphatic heterocycles. The number of esters is 2. The van der Waals surface area contributed by atoms with E-state index in [0.29, 0.717) is 11.1 Å². The number of cyclic esters (lactones) is 2. The van der Waals surface area contributed by atoms with Crippen LogP contribution in [0.1, 0.15) is 13.8 Å². The summed E-state index contributed by atoms with van der Waals surface area (Å²) in [5.41, 5.74) is 0.833. The summed E-state index contributed by atoms with van der Waals surface area (Å²) in [6, 6.07) is 0. The fourth-order valence-corrected chi connectivity index (χ4v) is 1.16. The lowest BCUT2D eigenvalue weighted by Crippen LogP contribution is -2.46. The molecule has 0 radical (unpaired) electrons. The predicted molar refractivity (Wildman–Crippen MR) is 66.7 cm³/mol. The molecular weight excluding hydrogens is 288 g/mol. The molecule has 0 fully saturated rings. The van der Waals surface area contributed by atoms with Crippen molar-refractivity contribution in [3.63, 3.8) is 0 Å². The van der Waals surface area contributed by atoms with Gasteiger partial charge in [-0.1, -0.05) is 0 Å². The predicted octanol–water partition coefficient (Wildman–Crippen LogP) is -2.97. The molecule has 0 aromatic rings. The average Bonchev–Trinajstić information content (AvgIpc) is 2.70. The number of aldehydes is 1. The monoisotopic (exact) mass is 306 g/mol. The molecule has 9 nitrogen and oxygen atoms in total. The van der Waals surface area contributed by atoms with Gasteiger partial charge in [-0.05, 0) is 13.8 Å². The zero-order valence-corrected chi connectivity index (χ0v) is 11.5. The summed E-state index contributed by atoms with van der Waals surface area (Å²) in [7, 11) is 0. The Labute approximate surface area is 120 Å². The number of carbonyl (C=O) groups excluding carboxylic acids is 3. The molecular formula is C12H18O9. The van der Waals surface area contributed by atoms with Crippen LogP contribution in [0.4, 0.5) is 0 Å². The molecule has 5 N–H and O–H groups in total. The molecule has 4 atom stereocenters. The van der Waals surface area contributed by atoms with Crippen LogP contribution in [0.5, 0.6) is 0 Å². The fourth-order valence-electron chi connectivity index (χ4n) is 1.16. The second-order valence-electron chi connectivity index (χ2n) is 4.28. The first-order chi connectivity index (χ1) is 9.67. The Morgan fingerprint density at radius 2 is 1.43 bits per heavy atom. The van der Waals surface area contributed by atoms with Crippen molar-refractivity contribution in [1.82, 2.24) is 0 Å². The van der Waals surface area contributed by atoms with E-state index in [1.165, 1.54) is 0 Å². The lowest BCUT2D eigenvalue weighted by atomic mass is 10.0. The van der Waals surface area contributed by atoms with Gasteiger partial charge in [0.2, 0.25) is 0 Å². The average molecular weight is 306 g/mol. The van der Waals surface area contributed by atoms with Crippen LogP contribution < -0.4 is 0 Å². The van der Waals surface area contributed by atoms with E-state index in [0.717, 1.165) is 0 Å². The molecule has 120 valence electrons. The quantitative estimate of drug-likeness (QED) is 0.203. The molecule has 0 bridgehead atoms. The molecule has 1 aliphatic rings. The molecule has 1 rings (SSSR count). The van der Waals surface area contributed by atoms with E-state index in [9.17, 15) is 14.4 Å². The van der Waals surface area contributed by atoms with E-state index in [2.05, 4.69) is 4.74 Å². The summed E-state index contributed by atoms with van der Waals surface area (Å²) in [6.07, 6.45) is -6.84. The van der Waals surface area contributed by atoms with E-state index in [4.69, 9.17) is 25.5 Å². The first-order valence-corrected chi connectivity index (χ1v) is 5.89. The van der Waals surface area contributed by atoms with Gasteiger partial charge in [0.05, 0.1) is 6.61 Å². The van der Waals surface area contributed by atoms with Gasteiger partial charge in [0.1, 0.15) is 24.4 Å². The Balaban J connectivity index is 0.000000394. The largest absolute Gasteiger partial charge is 0.394 e. The zero-order chi connectivity index (χ0) is 16.7. The summed E-state index contributed by atoms with van der Waals surface area (Å²) in [5.74, 6) is -1.03. The highest BCUT2D eigenvalue weighted by Crippen LogP contribution is 2.14. The summed E-state index contributed by atoms with van der Waals surface area (Å²) >= 11 is 0. The van der Waals surface area contributed by atoms with Crippen molar-refractivity contribution in [3.05, 3.63) is 11.1 Å². The lowest BCUT2D eigenvalue weighted by Gasteiger charge is -2.22. The van der Waals surface area contributed by atoms with Gasteiger partial charge in [-0.25, -0.2) is 9.59 Å². The third-order valence-electron chi connectivity index (χ3n) is 2.78. The smallest absolute Gasteiger partial charge is 0.342 e. The summed E-state index contributed by atoms with van der Waals surface area (Å²) in [4.78, 5) is 30.9. The van der Waals surface area contributed by atoms with Gasteiger partial charge in [0.25, 0.3) is 0 Å². The first kappa shape index (κ1) is 19.4. The molecule has 21 heavy (non-hydrogen) atoms. The fraction of sp³-hybridized carbons (Fsp3) is 0.583. The van der Waals surface area contributed by atoms with Crippen molar-refractivity contribution in [2.24, 2.45) is 0 Å². The van der Waals surface area contributed by atoms with Gasteiger partial charge in [-0.3, -0.25) is 0 Å². The molecule has 4 unspecified atom stereocenters. The standard InChI is InChI=1S/C6H12O6.C6H6O3/c7-1-3(9)5(11)6(12)4(10)2-8;1-3-4(2)6(8)9-5(3)7/h1,3-6,8-12H,2H2;1-2H3. The molecule has 0 spiro atoms. The van der Waals surface area contributed by atoms with Crippen molar-refractivity contribution in [3.8, 4) is 0 Å². The van der Waals surface area contributed by atoms with Crippen LogP contribution in [-0.4, -0.2) is 74.8 Å². The van der Waals surface area contributed by atoms with Gasteiger partial charge in [-0.2, -0.15) is 0 Å². The summed E-state index contributed by atoms with van der Waals surface area (Å²) < 4.78 is 4.23. The van der Waals surface area contributed by atoms with E-state index >= 15 is 0 Å². The number of aliphatic hydroxyl groups is 5. The molecule has 9 heteroatoms. The Bertz CT molecular complexity index is 406. The second kappa shape index (κ2) is 8.60. The molecule has 0 amide bonds.